The van der Waals surface area contributed by atoms with Crippen LogP contribution in [0.15, 0.2) is 24.3 Å². The first-order chi connectivity index (χ1) is 13.3. The molecule has 2 rings (SSSR count). The monoisotopic (exact) mass is 387 g/mol. The summed E-state index contributed by atoms with van der Waals surface area (Å²) in [5, 5.41) is 8.58. The largest absolute Gasteiger partial charge is 0.344 e. The molecule has 1 aliphatic rings. The standard InChI is InChI=1S/C22H33N3O3/c1-5-15(3)20(25-21(27)17-8-6-14(2)7-9-17)22(28)24-19-12-10-18(11-13-19)23-16(4)26/h10-15,17,20H,5-9H2,1-4H3,(H,23,26)(H,24,28)(H,25,27)/t14?,15-,17?,20+/m1/s1. The van der Waals surface area contributed by atoms with Crippen LogP contribution in [-0.2, 0) is 14.4 Å². The first-order valence-electron chi connectivity index (χ1n) is 10.3. The lowest BCUT2D eigenvalue weighted by atomic mass is 9.82. The summed E-state index contributed by atoms with van der Waals surface area (Å²) in [4.78, 5) is 36.7. The number of benzene rings is 1. The maximum atomic E-state index is 12.9. The van der Waals surface area contributed by atoms with Gasteiger partial charge in [-0.05, 0) is 61.8 Å². The summed E-state index contributed by atoms with van der Waals surface area (Å²) in [6.07, 6.45) is 4.72. The Morgan fingerprint density at radius 1 is 1.00 bits per heavy atom. The molecule has 0 bridgehead atoms. The minimum absolute atomic E-state index is 0.00615. The molecule has 0 spiro atoms. The van der Waals surface area contributed by atoms with E-state index in [0.29, 0.717) is 17.3 Å². The molecule has 0 aliphatic heterocycles. The summed E-state index contributed by atoms with van der Waals surface area (Å²) >= 11 is 0. The average Bonchev–Trinajstić information content (AvgIpc) is 2.67. The Labute approximate surface area is 167 Å². The van der Waals surface area contributed by atoms with Crippen molar-refractivity contribution in [3.63, 3.8) is 0 Å². The molecule has 1 aliphatic carbocycles. The highest BCUT2D eigenvalue weighted by Gasteiger charge is 2.30. The second-order valence-electron chi connectivity index (χ2n) is 8.08. The number of rotatable bonds is 7. The van der Waals surface area contributed by atoms with E-state index in [4.69, 9.17) is 0 Å². The molecule has 0 aromatic heterocycles. The van der Waals surface area contributed by atoms with Crippen LogP contribution in [0.25, 0.3) is 0 Å². The summed E-state index contributed by atoms with van der Waals surface area (Å²) in [6.45, 7) is 7.66. The molecule has 2 atom stereocenters. The lowest BCUT2D eigenvalue weighted by molar-refractivity contribution is -0.131. The van der Waals surface area contributed by atoms with Crippen LogP contribution >= 0.6 is 0 Å². The van der Waals surface area contributed by atoms with Gasteiger partial charge in [0, 0.05) is 24.2 Å². The summed E-state index contributed by atoms with van der Waals surface area (Å²) in [6, 6.07) is 6.38. The molecule has 0 radical (unpaired) electrons. The minimum atomic E-state index is -0.563. The fourth-order valence-electron chi connectivity index (χ4n) is 3.56. The number of amides is 3. The Morgan fingerprint density at radius 2 is 1.54 bits per heavy atom. The van der Waals surface area contributed by atoms with E-state index in [-0.39, 0.29) is 29.6 Å². The number of carbonyl (C=O) groups is 3. The third kappa shape index (κ3) is 6.36. The van der Waals surface area contributed by atoms with Gasteiger partial charge in [-0.25, -0.2) is 0 Å². The number of anilines is 2. The maximum absolute atomic E-state index is 12.9. The Hall–Kier alpha value is -2.37. The molecule has 6 heteroatoms. The van der Waals surface area contributed by atoms with Gasteiger partial charge in [0.05, 0.1) is 0 Å². The summed E-state index contributed by atoms with van der Waals surface area (Å²) in [7, 11) is 0. The second kappa shape index (κ2) is 10.2. The molecule has 1 fully saturated rings. The molecule has 0 saturated heterocycles. The molecule has 1 saturated carbocycles. The highest BCUT2D eigenvalue weighted by atomic mass is 16.2. The summed E-state index contributed by atoms with van der Waals surface area (Å²) < 4.78 is 0. The molecular formula is C22H33N3O3. The lowest BCUT2D eigenvalue weighted by Crippen LogP contribution is -2.49. The first kappa shape index (κ1) is 21.9. The predicted molar refractivity (Wildman–Crippen MR) is 112 cm³/mol. The number of nitrogens with one attached hydrogen (secondary N) is 3. The van der Waals surface area contributed by atoms with Gasteiger partial charge in [-0.2, -0.15) is 0 Å². The van der Waals surface area contributed by atoms with E-state index in [0.717, 1.165) is 32.1 Å². The van der Waals surface area contributed by atoms with Crippen LogP contribution < -0.4 is 16.0 Å². The zero-order chi connectivity index (χ0) is 20.7. The quantitative estimate of drug-likeness (QED) is 0.662. The van der Waals surface area contributed by atoms with Crippen molar-refractivity contribution < 1.29 is 14.4 Å². The molecule has 1 aromatic rings. The van der Waals surface area contributed by atoms with Crippen LogP contribution in [0.1, 0.15) is 59.8 Å². The van der Waals surface area contributed by atoms with E-state index in [1.54, 1.807) is 24.3 Å². The molecule has 0 heterocycles. The van der Waals surface area contributed by atoms with Crippen molar-refractivity contribution in [2.75, 3.05) is 10.6 Å². The van der Waals surface area contributed by atoms with E-state index in [2.05, 4.69) is 22.9 Å². The smallest absolute Gasteiger partial charge is 0.247 e. The molecule has 0 unspecified atom stereocenters. The van der Waals surface area contributed by atoms with Crippen molar-refractivity contribution in [1.29, 1.82) is 0 Å². The van der Waals surface area contributed by atoms with Gasteiger partial charge in [-0.1, -0.05) is 27.2 Å². The van der Waals surface area contributed by atoms with Gasteiger partial charge in [0.2, 0.25) is 17.7 Å². The van der Waals surface area contributed by atoms with Crippen LogP contribution in [-0.4, -0.2) is 23.8 Å². The van der Waals surface area contributed by atoms with Crippen molar-refractivity contribution in [2.24, 2.45) is 17.8 Å². The number of carbonyl (C=O) groups excluding carboxylic acids is 3. The van der Waals surface area contributed by atoms with Crippen LogP contribution in [0.4, 0.5) is 11.4 Å². The molecule has 3 N–H and O–H groups in total. The van der Waals surface area contributed by atoms with Crippen molar-refractivity contribution in [2.45, 2.75) is 65.8 Å². The number of hydrogen-bond acceptors (Lipinski definition) is 3. The zero-order valence-corrected chi connectivity index (χ0v) is 17.4. The van der Waals surface area contributed by atoms with Crippen LogP contribution in [0.3, 0.4) is 0 Å². The molecule has 28 heavy (non-hydrogen) atoms. The highest BCUT2D eigenvalue weighted by molar-refractivity contribution is 5.98. The van der Waals surface area contributed by atoms with E-state index >= 15 is 0 Å². The van der Waals surface area contributed by atoms with E-state index < -0.39 is 6.04 Å². The third-order valence-electron chi connectivity index (χ3n) is 5.65. The minimum Gasteiger partial charge on any atom is -0.344 e. The zero-order valence-electron chi connectivity index (χ0n) is 17.4. The Balaban J connectivity index is 2.00. The molecule has 6 nitrogen and oxygen atoms in total. The summed E-state index contributed by atoms with van der Waals surface area (Å²) in [5.41, 5.74) is 1.30. The lowest BCUT2D eigenvalue weighted by Gasteiger charge is -2.29. The molecule has 3 amide bonds. The maximum Gasteiger partial charge on any atom is 0.247 e. The van der Waals surface area contributed by atoms with Crippen molar-refractivity contribution >= 4 is 29.1 Å². The van der Waals surface area contributed by atoms with Gasteiger partial charge in [0.1, 0.15) is 6.04 Å². The van der Waals surface area contributed by atoms with Gasteiger partial charge in [-0.3, -0.25) is 14.4 Å². The van der Waals surface area contributed by atoms with Gasteiger partial charge in [-0.15, -0.1) is 0 Å². The Bertz CT molecular complexity index is 679. The van der Waals surface area contributed by atoms with E-state index in [1.807, 2.05) is 13.8 Å². The Kier molecular flexibility index (Phi) is 8.03. The molecule has 154 valence electrons. The number of hydrogen-bond donors (Lipinski definition) is 3. The predicted octanol–water partition coefficient (Wildman–Crippen LogP) is 3.94. The normalized spacial score (nSPS) is 21.3. The van der Waals surface area contributed by atoms with E-state index in [9.17, 15) is 14.4 Å². The average molecular weight is 388 g/mol. The fraction of sp³-hybridized carbons (Fsp3) is 0.591. The highest BCUT2D eigenvalue weighted by Crippen LogP contribution is 2.28. The van der Waals surface area contributed by atoms with Crippen molar-refractivity contribution in [3.8, 4) is 0 Å². The van der Waals surface area contributed by atoms with Crippen LogP contribution in [0.5, 0.6) is 0 Å². The fourth-order valence-corrected chi connectivity index (χ4v) is 3.56. The molecular weight excluding hydrogens is 354 g/mol. The SMILES string of the molecule is CC[C@@H](C)[C@H](NC(=O)C1CCC(C)CC1)C(=O)Nc1ccc(NC(C)=O)cc1. The van der Waals surface area contributed by atoms with Crippen LogP contribution in [0.2, 0.25) is 0 Å². The Morgan fingerprint density at radius 3 is 2.04 bits per heavy atom. The second-order valence-corrected chi connectivity index (χ2v) is 8.08. The molecule has 1 aromatic carbocycles. The van der Waals surface area contributed by atoms with Gasteiger partial charge < -0.3 is 16.0 Å². The van der Waals surface area contributed by atoms with E-state index in [1.165, 1.54) is 6.92 Å². The topological polar surface area (TPSA) is 87.3 Å². The van der Waals surface area contributed by atoms with Crippen molar-refractivity contribution in [1.82, 2.24) is 5.32 Å². The third-order valence-corrected chi connectivity index (χ3v) is 5.65. The van der Waals surface area contributed by atoms with Crippen LogP contribution in [0, 0.1) is 17.8 Å². The van der Waals surface area contributed by atoms with Gasteiger partial charge >= 0.3 is 0 Å². The van der Waals surface area contributed by atoms with Crippen molar-refractivity contribution in [3.05, 3.63) is 24.3 Å². The summed E-state index contributed by atoms with van der Waals surface area (Å²) in [5.74, 6) is 0.358. The van der Waals surface area contributed by atoms with Gasteiger partial charge in [0.25, 0.3) is 0 Å². The first-order valence-corrected chi connectivity index (χ1v) is 10.3. The van der Waals surface area contributed by atoms with Gasteiger partial charge in [0.15, 0.2) is 0 Å².